The van der Waals surface area contributed by atoms with E-state index in [4.69, 9.17) is 4.74 Å². The molecule has 2 heterocycles. The second-order valence-corrected chi connectivity index (χ2v) is 7.94. The topological polar surface area (TPSA) is 106 Å². The molecule has 0 aliphatic heterocycles. The smallest absolute Gasteiger partial charge is 0.355 e. The molecule has 0 radical (unpaired) electrons. The first-order valence-electron chi connectivity index (χ1n) is 8.75. The van der Waals surface area contributed by atoms with Crippen molar-refractivity contribution in [1.82, 2.24) is 14.8 Å². The summed E-state index contributed by atoms with van der Waals surface area (Å²) in [5.41, 5.74) is 2.19. The van der Waals surface area contributed by atoms with Gasteiger partial charge in [0.05, 0.1) is 18.0 Å². The monoisotopic (exact) mass is 402 g/mol. The van der Waals surface area contributed by atoms with Crippen LogP contribution in [0.2, 0.25) is 0 Å². The second kappa shape index (κ2) is 7.51. The Hall–Kier alpha value is -3.07. The third-order valence-corrected chi connectivity index (χ3v) is 5.82. The lowest BCUT2D eigenvalue weighted by Gasteiger charge is -2.11. The number of esters is 1. The van der Waals surface area contributed by atoms with E-state index in [1.54, 1.807) is 33.8 Å². The Morgan fingerprint density at radius 1 is 1.21 bits per heavy atom. The highest BCUT2D eigenvalue weighted by atomic mass is 32.2. The molecule has 148 valence electrons. The van der Waals surface area contributed by atoms with Gasteiger partial charge in [0, 0.05) is 17.3 Å². The quantitative estimate of drug-likeness (QED) is 0.616. The summed E-state index contributed by atoms with van der Waals surface area (Å²) in [6.45, 7) is 6.85. The predicted molar refractivity (Wildman–Crippen MR) is 105 cm³/mol. The van der Waals surface area contributed by atoms with Gasteiger partial charge >= 0.3 is 5.97 Å². The molecule has 0 aliphatic rings. The van der Waals surface area contributed by atoms with E-state index in [1.165, 1.54) is 4.68 Å². The van der Waals surface area contributed by atoms with Crippen molar-refractivity contribution in [2.75, 3.05) is 11.3 Å². The molecule has 0 atom stereocenters. The summed E-state index contributed by atoms with van der Waals surface area (Å²) in [6.07, 6.45) is 0. The van der Waals surface area contributed by atoms with Gasteiger partial charge < -0.3 is 9.72 Å². The molecule has 0 spiro atoms. The third-order valence-electron chi connectivity index (χ3n) is 4.19. The minimum Gasteiger partial charge on any atom is -0.461 e. The normalized spacial score (nSPS) is 11.4. The average Bonchev–Trinajstić information content (AvgIpc) is 3.14. The summed E-state index contributed by atoms with van der Waals surface area (Å²) in [5.74, 6) is -0.281. The predicted octanol–water partition coefficient (Wildman–Crippen LogP) is 3.10. The molecular weight excluding hydrogens is 380 g/mol. The Morgan fingerprint density at radius 2 is 1.89 bits per heavy atom. The zero-order valence-corrected chi connectivity index (χ0v) is 16.9. The van der Waals surface area contributed by atoms with Crippen molar-refractivity contribution < 1.29 is 17.9 Å². The number of H-pyrrole nitrogens is 1. The molecule has 0 fully saturated rings. The Morgan fingerprint density at radius 3 is 2.54 bits per heavy atom. The number of anilines is 1. The first kappa shape index (κ1) is 19.7. The van der Waals surface area contributed by atoms with Crippen LogP contribution in [-0.4, -0.2) is 35.8 Å². The molecule has 3 rings (SSSR count). The van der Waals surface area contributed by atoms with Crippen molar-refractivity contribution in [2.24, 2.45) is 0 Å². The molecule has 9 heteroatoms. The fraction of sp³-hybridized carbons (Fsp3) is 0.263. The molecule has 2 N–H and O–H groups in total. The minimum absolute atomic E-state index is 0.0222. The Labute approximate surface area is 163 Å². The van der Waals surface area contributed by atoms with Crippen LogP contribution in [0.4, 0.5) is 5.82 Å². The highest BCUT2D eigenvalue weighted by Gasteiger charge is 2.28. The van der Waals surface area contributed by atoms with E-state index < -0.39 is 16.0 Å². The van der Waals surface area contributed by atoms with Gasteiger partial charge in [-0.25, -0.2) is 17.9 Å². The fourth-order valence-corrected chi connectivity index (χ4v) is 4.55. The number of para-hydroxylation sites is 1. The Bertz CT molecular complexity index is 1110. The van der Waals surface area contributed by atoms with Gasteiger partial charge in [-0.1, -0.05) is 18.2 Å². The number of sulfonamides is 1. The van der Waals surface area contributed by atoms with Gasteiger partial charge in [-0.15, -0.1) is 0 Å². The number of nitrogens with zero attached hydrogens (tertiary/aromatic N) is 2. The molecule has 0 saturated heterocycles. The minimum atomic E-state index is -3.97. The van der Waals surface area contributed by atoms with Crippen LogP contribution in [0.25, 0.3) is 5.69 Å². The summed E-state index contributed by atoms with van der Waals surface area (Å²) in [4.78, 5) is 14.9. The number of hydrogen-bond acceptors (Lipinski definition) is 5. The highest BCUT2D eigenvalue weighted by molar-refractivity contribution is 7.92. The molecule has 8 nitrogen and oxygen atoms in total. The van der Waals surface area contributed by atoms with Crippen LogP contribution < -0.4 is 4.72 Å². The maximum absolute atomic E-state index is 13.1. The van der Waals surface area contributed by atoms with Gasteiger partial charge in [-0.05, 0) is 39.8 Å². The van der Waals surface area contributed by atoms with Crippen molar-refractivity contribution in [1.29, 1.82) is 0 Å². The van der Waals surface area contributed by atoms with Crippen molar-refractivity contribution in [3.8, 4) is 5.69 Å². The van der Waals surface area contributed by atoms with Crippen molar-refractivity contribution in [2.45, 2.75) is 32.6 Å². The summed E-state index contributed by atoms with van der Waals surface area (Å²) in [5, 5.41) is 4.37. The number of rotatable bonds is 6. The number of aromatic nitrogens is 3. The van der Waals surface area contributed by atoms with Gasteiger partial charge in [0.2, 0.25) is 0 Å². The van der Waals surface area contributed by atoms with Crippen molar-refractivity contribution in [3.05, 3.63) is 59.0 Å². The van der Waals surface area contributed by atoms with Crippen molar-refractivity contribution in [3.63, 3.8) is 0 Å². The Balaban J connectivity index is 2.02. The number of aromatic amines is 1. The van der Waals surface area contributed by atoms with E-state index in [-0.39, 0.29) is 17.2 Å². The summed E-state index contributed by atoms with van der Waals surface area (Å²) < 4.78 is 35.3. The van der Waals surface area contributed by atoms with E-state index in [1.807, 2.05) is 30.3 Å². The van der Waals surface area contributed by atoms with Crippen LogP contribution in [0.3, 0.4) is 0 Å². The number of carbonyl (C=O) groups is 1. The second-order valence-electron chi connectivity index (χ2n) is 6.32. The van der Waals surface area contributed by atoms with E-state index in [0.717, 1.165) is 5.69 Å². The van der Waals surface area contributed by atoms with Gasteiger partial charge in [0.1, 0.15) is 16.4 Å². The Kier molecular flexibility index (Phi) is 5.28. The zero-order chi connectivity index (χ0) is 20.5. The molecule has 0 unspecified atom stereocenters. The lowest BCUT2D eigenvalue weighted by molar-refractivity contribution is 0.0519. The van der Waals surface area contributed by atoms with Crippen LogP contribution in [0, 0.1) is 20.8 Å². The lowest BCUT2D eigenvalue weighted by Crippen LogP contribution is -2.17. The fourth-order valence-electron chi connectivity index (χ4n) is 3.07. The van der Waals surface area contributed by atoms with E-state index >= 15 is 0 Å². The molecule has 0 aliphatic carbocycles. The van der Waals surface area contributed by atoms with Gasteiger partial charge in [0.15, 0.2) is 0 Å². The standard InChI is InChI=1S/C19H22N4O4S/c1-5-27-19(24)17-13(3)18(14(4)20-17)28(25,26)22-16-11-12(2)21-23(16)15-9-7-6-8-10-15/h6-11,20,22H,5H2,1-4H3. The maximum atomic E-state index is 13.1. The SMILES string of the molecule is CCOC(=O)c1[nH]c(C)c(S(=O)(=O)Nc2cc(C)nn2-c2ccccc2)c1C. The van der Waals surface area contributed by atoms with Crippen molar-refractivity contribution >= 4 is 21.8 Å². The largest absolute Gasteiger partial charge is 0.461 e. The summed E-state index contributed by atoms with van der Waals surface area (Å²) >= 11 is 0. The molecular formula is C19H22N4O4S. The molecule has 0 bridgehead atoms. The number of ether oxygens (including phenoxy) is 1. The average molecular weight is 402 g/mol. The van der Waals surface area contributed by atoms with Crippen LogP contribution in [0.5, 0.6) is 0 Å². The zero-order valence-electron chi connectivity index (χ0n) is 16.1. The molecule has 28 heavy (non-hydrogen) atoms. The summed E-state index contributed by atoms with van der Waals surface area (Å²) in [6, 6.07) is 10.9. The van der Waals surface area contributed by atoms with Crippen LogP contribution in [-0.2, 0) is 14.8 Å². The van der Waals surface area contributed by atoms with Crippen LogP contribution in [0.15, 0.2) is 41.3 Å². The van der Waals surface area contributed by atoms with Crippen LogP contribution >= 0.6 is 0 Å². The van der Waals surface area contributed by atoms with Gasteiger partial charge in [0.25, 0.3) is 10.0 Å². The number of benzene rings is 1. The molecule has 2 aromatic heterocycles. The van der Waals surface area contributed by atoms with Gasteiger partial charge in [-0.2, -0.15) is 5.10 Å². The molecule has 0 saturated carbocycles. The maximum Gasteiger partial charge on any atom is 0.355 e. The van der Waals surface area contributed by atoms with Crippen LogP contribution in [0.1, 0.15) is 34.4 Å². The third kappa shape index (κ3) is 3.65. The number of carbonyl (C=O) groups excluding carboxylic acids is 1. The molecule has 1 aromatic carbocycles. The van der Waals surface area contributed by atoms with Gasteiger partial charge in [-0.3, -0.25) is 4.72 Å². The van der Waals surface area contributed by atoms with E-state index in [9.17, 15) is 13.2 Å². The number of nitrogens with one attached hydrogen (secondary N) is 2. The highest BCUT2D eigenvalue weighted by Crippen LogP contribution is 2.27. The number of aryl methyl sites for hydroxylation is 2. The molecule has 3 aromatic rings. The first-order chi connectivity index (χ1) is 13.2. The number of hydrogen-bond donors (Lipinski definition) is 2. The summed E-state index contributed by atoms with van der Waals surface area (Å²) in [7, 11) is -3.97. The van der Waals surface area contributed by atoms with E-state index in [0.29, 0.717) is 22.8 Å². The van der Waals surface area contributed by atoms with E-state index in [2.05, 4.69) is 14.8 Å². The lowest BCUT2D eigenvalue weighted by atomic mass is 10.2. The molecule has 0 amide bonds. The first-order valence-corrected chi connectivity index (χ1v) is 10.2.